The molecule has 0 aliphatic carbocycles. The number of Topliss-reactive ketones (excluding diaryl/α,β-unsaturated/α-hetero) is 1. The molecule has 6 nitrogen and oxygen atoms in total. The molecule has 1 heterocycles. The average molecular weight is 345 g/mol. The van der Waals surface area contributed by atoms with Gasteiger partial charge in [-0.05, 0) is 25.5 Å². The molecule has 8 heteroatoms. The van der Waals surface area contributed by atoms with E-state index >= 15 is 0 Å². The van der Waals surface area contributed by atoms with Gasteiger partial charge in [-0.3, -0.25) is 4.79 Å². The number of ketones is 1. The molecule has 122 valence electrons. The molecule has 0 bridgehead atoms. The first-order valence-corrected chi connectivity index (χ1v) is 10.3. The van der Waals surface area contributed by atoms with E-state index in [1.165, 1.54) is 35.5 Å². The number of carbonyl (C=O) groups excluding carboxylic acids is 1. The molecule has 0 saturated carbocycles. The molecule has 1 aromatic rings. The second-order valence-electron chi connectivity index (χ2n) is 5.35. The van der Waals surface area contributed by atoms with Crippen molar-refractivity contribution in [3.05, 3.63) is 29.8 Å². The quantitative estimate of drug-likeness (QED) is 0.745. The Morgan fingerprint density at radius 2 is 1.86 bits per heavy atom. The van der Waals surface area contributed by atoms with Crippen molar-refractivity contribution in [2.24, 2.45) is 0 Å². The van der Waals surface area contributed by atoms with Gasteiger partial charge in [-0.1, -0.05) is 19.1 Å². The summed E-state index contributed by atoms with van der Waals surface area (Å²) in [5.74, 6) is -0.253. The number of carbonyl (C=O) groups is 1. The van der Waals surface area contributed by atoms with Gasteiger partial charge < -0.3 is 0 Å². The van der Waals surface area contributed by atoms with Crippen LogP contribution in [0.5, 0.6) is 0 Å². The van der Waals surface area contributed by atoms with E-state index in [9.17, 15) is 21.6 Å². The molecule has 1 aromatic carbocycles. The number of hydrogen-bond donors (Lipinski definition) is 0. The zero-order valence-corrected chi connectivity index (χ0v) is 14.2. The summed E-state index contributed by atoms with van der Waals surface area (Å²) >= 11 is 0. The van der Waals surface area contributed by atoms with Crippen LogP contribution in [-0.2, 0) is 19.9 Å². The Kier molecular flexibility index (Phi) is 4.74. The van der Waals surface area contributed by atoms with Crippen LogP contribution in [0.1, 0.15) is 30.6 Å². The molecule has 0 spiro atoms. The van der Waals surface area contributed by atoms with Crippen molar-refractivity contribution >= 4 is 25.6 Å². The fraction of sp³-hybridized carbons (Fsp3) is 0.500. The van der Waals surface area contributed by atoms with Gasteiger partial charge in [-0.2, -0.15) is 4.31 Å². The fourth-order valence-electron chi connectivity index (χ4n) is 2.62. The maximum Gasteiger partial charge on any atom is 0.243 e. The second kappa shape index (κ2) is 6.10. The third-order valence-corrected chi connectivity index (χ3v) is 7.59. The van der Waals surface area contributed by atoms with Gasteiger partial charge in [0.25, 0.3) is 0 Å². The number of rotatable bonds is 5. The summed E-state index contributed by atoms with van der Waals surface area (Å²) in [6, 6.07) is 5.19. The minimum absolute atomic E-state index is 0.0208. The highest BCUT2D eigenvalue weighted by molar-refractivity contribution is 7.92. The number of benzene rings is 1. The number of hydrogen-bond acceptors (Lipinski definition) is 5. The maximum atomic E-state index is 12.7. The van der Waals surface area contributed by atoms with Crippen LogP contribution < -0.4 is 0 Å². The number of nitrogens with zero attached hydrogens (tertiary/aromatic N) is 1. The smallest absolute Gasteiger partial charge is 0.243 e. The molecule has 0 amide bonds. The first-order chi connectivity index (χ1) is 10.2. The van der Waals surface area contributed by atoms with Crippen LogP contribution >= 0.6 is 0 Å². The summed E-state index contributed by atoms with van der Waals surface area (Å²) in [4.78, 5) is 11.3. The monoisotopic (exact) mass is 345 g/mol. The fourth-order valence-corrected chi connectivity index (χ4v) is 6.11. The number of sulfone groups is 1. The van der Waals surface area contributed by atoms with E-state index in [1.807, 2.05) is 0 Å². The van der Waals surface area contributed by atoms with Gasteiger partial charge in [0.15, 0.2) is 15.6 Å². The molecular formula is C14H19NO5S2. The van der Waals surface area contributed by atoms with Crippen LogP contribution in [-0.4, -0.2) is 51.0 Å². The Morgan fingerprint density at radius 1 is 1.27 bits per heavy atom. The van der Waals surface area contributed by atoms with Crippen molar-refractivity contribution in [2.75, 3.05) is 18.1 Å². The van der Waals surface area contributed by atoms with Crippen LogP contribution in [0.4, 0.5) is 0 Å². The van der Waals surface area contributed by atoms with E-state index in [1.54, 1.807) is 6.92 Å². The highest BCUT2D eigenvalue weighted by Crippen LogP contribution is 2.25. The van der Waals surface area contributed by atoms with Gasteiger partial charge in [0.1, 0.15) is 0 Å². The van der Waals surface area contributed by atoms with E-state index in [0.717, 1.165) is 0 Å². The van der Waals surface area contributed by atoms with E-state index in [4.69, 9.17) is 0 Å². The lowest BCUT2D eigenvalue weighted by atomic mass is 10.2. The van der Waals surface area contributed by atoms with Gasteiger partial charge in [0.2, 0.25) is 10.0 Å². The van der Waals surface area contributed by atoms with E-state index in [0.29, 0.717) is 12.0 Å². The maximum absolute atomic E-state index is 12.7. The van der Waals surface area contributed by atoms with E-state index in [-0.39, 0.29) is 28.7 Å². The van der Waals surface area contributed by atoms with Crippen LogP contribution in [0, 0.1) is 0 Å². The van der Waals surface area contributed by atoms with Crippen molar-refractivity contribution < 1.29 is 21.6 Å². The van der Waals surface area contributed by atoms with Crippen molar-refractivity contribution in [1.29, 1.82) is 0 Å². The third-order valence-electron chi connectivity index (χ3n) is 3.79. The Labute approximate surface area is 131 Å². The van der Waals surface area contributed by atoms with E-state index < -0.39 is 25.9 Å². The van der Waals surface area contributed by atoms with Gasteiger partial charge >= 0.3 is 0 Å². The summed E-state index contributed by atoms with van der Waals surface area (Å²) in [6.45, 7) is 3.30. The molecule has 1 aliphatic rings. The van der Waals surface area contributed by atoms with Crippen molar-refractivity contribution in [3.8, 4) is 0 Å². The molecule has 0 unspecified atom stereocenters. The third kappa shape index (κ3) is 3.39. The van der Waals surface area contributed by atoms with Crippen LogP contribution in [0.15, 0.2) is 29.2 Å². The molecule has 22 heavy (non-hydrogen) atoms. The van der Waals surface area contributed by atoms with Gasteiger partial charge in [0.05, 0.1) is 16.4 Å². The summed E-state index contributed by atoms with van der Waals surface area (Å²) in [7, 11) is -6.93. The topological polar surface area (TPSA) is 88.6 Å². The molecule has 1 saturated heterocycles. The first-order valence-electron chi connectivity index (χ1n) is 7.00. The Morgan fingerprint density at radius 3 is 2.27 bits per heavy atom. The SMILES string of the molecule is CCN([C@@H]1CCS(=O)(=O)C1)S(=O)(=O)c1ccc(C(C)=O)cc1. The largest absolute Gasteiger partial charge is 0.295 e. The predicted molar refractivity (Wildman–Crippen MR) is 83.1 cm³/mol. The molecule has 0 radical (unpaired) electrons. The normalized spacial score (nSPS) is 21.1. The molecule has 2 rings (SSSR count). The van der Waals surface area contributed by atoms with Crippen LogP contribution in [0.2, 0.25) is 0 Å². The van der Waals surface area contributed by atoms with Crippen molar-refractivity contribution in [1.82, 2.24) is 4.31 Å². The minimum Gasteiger partial charge on any atom is -0.295 e. The average Bonchev–Trinajstić information content (AvgIpc) is 2.79. The predicted octanol–water partition coefficient (Wildman–Crippen LogP) is 1.09. The zero-order valence-electron chi connectivity index (χ0n) is 12.5. The first kappa shape index (κ1) is 17.1. The molecule has 1 atom stereocenters. The Balaban J connectivity index is 2.33. The lowest BCUT2D eigenvalue weighted by Crippen LogP contribution is -2.40. The van der Waals surface area contributed by atoms with Gasteiger partial charge in [0, 0.05) is 18.2 Å². The summed E-state index contributed by atoms with van der Waals surface area (Å²) < 4.78 is 49.8. The van der Waals surface area contributed by atoms with Gasteiger partial charge in [-0.25, -0.2) is 16.8 Å². The summed E-state index contributed by atoms with van der Waals surface area (Å²) in [6.07, 6.45) is 0.320. The van der Waals surface area contributed by atoms with Crippen molar-refractivity contribution in [2.45, 2.75) is 31.2 Å². The van der Waals surface area contributed by atoms with E-state index in [2.05, 4.69) is 0 Å². The molecule has 0 N–H and O–H groups in total. The summed E-state index contributed by atoms with van der Waals surface area (Å²) in [5.41, 5.74) is 0.436. The highest BCUT2D eigenvalue weighted by Gasteiger charge is 2.37. The standard InChI is InChI=1S/C14H19NO5S2/c1-3-15(13-8-9-21(17,18)10-13)22(19,20)14-6-4-12(5-7-14)11(2)16/h4-7,13H,3,8-10H2,1-2H3/t13-/m1/s1. The lowest BCUT2D eigenvalue weighted by Gasteiger charge is -2.26. The number of sulfonamides is 1. The Bertz CT molecular complexity index is 766. The molecule has 1 aliphatic heterocycles. The summed E-state index contributed by atoms with van der Waals surface area (Å²) in [5, 5.41) is 0. The van der Waals surface area contributed by atoms with Gasteiger partial charge in [-0.15, -0.1) is 0 Å². The minimum atomic E-state index is -3.77. The Hall–Kier alpha value is -1.25. The second-order valence-corrected chi connectivity index (χ2v) is 9.47. The highest BCUT2D eigenvalue weighted by atomic mass is 32.2. The zero-order chi connectivity index (χ0) is 16.5. The lowest BCUT2D eigenvalue weighted by molar-refractivity contribution is 0.101. The molecular weight excluding hydrogens is 326 g/mol. The van der Waals surface area contributed by atoms with Crippen molar-refractivity contribution in [3.63, 3.8) is 0 Å². The molecule has 1 fully saturated rings. The van der Waals surface area contributed by atoms with Crippen LogP contribution in [0.25, 0.3) is 0 Å². The molecule has 0 aromatic heterocycles. The van der Waals surface area contributed by atoms with Crippen LogP contribution in [0.3, 0.4) is 0 Å².